The quantitative estimate of drug-likeness (QED) is 0.487. The minimum atomic E-state index is -0.746. The average molecular weight is 394 g/mol. The van der Waals surface area contributed by atoms with Crippen LogP contribution in [0.1, 0.15) is 36.8 Å². The van der Waals surface area contributed by atoms with Crippen molar-refractivity contribution in [3.8, 4) is 5.75 Å². The third-order valence-electron chi connectivity index (χ3n) is 3.62. The molecule has 0 unspecified atom stereocenters. The van der Waals surface area contributed by atoms with Gasteiger partial charge in [0.15, 0.2) is 0 Å². The number of halogens is 1. The second kappa shape index (κ2) is 10.7. The Labute approximate surface area is 153 Å². The van der Waals surface area contributed by atoms with Crippen LogP contribution in [-0.4, -0.2) is 17.7 Å². The number of anilines is 1. The second-order valence-corrected chi connectivity index (χ2v) is 5.59. The van der Waals surface area contributed by atoms with Gasteiger partial charge >= 0.3 is 5.97 Å². The van der Waals surface area contributed by atoms with Gasteiger partial charge in [-0.3, -0.25) is 4.79 Å². The largest absolute Gasteiger partial charge is 0.491 e. The molecule has 3 N–H and O–H groups in total. The lowest BCUT2D eigenvalue weighted by Gasteiger charge is -2.10. The minimum Gasteiger partial charge on any atom is -0.491 e. The van der Waals surface area contributed by atoms with Crippen molar-refractivity contribution >= 4 is 28.6 Å². The summed E-state index contributed by atoms with van der Waals surface area (Å²) in [6.45, 7) is 0.557. The number of rotatable bonds is 9. The van der Waals surface area contributed by atoms with Gasteiger partial charge in [0.25, 0.3) is 0 Å². The predicted molar refractivity (Wildman–Crippen MR) is 102 cm³/mol. The Hall–Kier alpha value is -2.01. The number of hydrogen-bond acceptors (Lipinski definition) is 3. The van der Waals surface area contributed by atoms with Crippen LogP contribution in [0.4, 0.5) is 5.69 Å². The smallest absolute Gasteiger partial charge is 0.303 e. The van der Waals surface area contributed by atoms with Crippen molar-refractivity contribution in [2.75, 3.05) is 12.3 Å². The Morgan fingerprint density at radius 1 is 1.00 bits per heavy atom. The van der Waals surface area contributed by atoms with Crippen molar-refractivity contribution in [2.45, 2.75) is 32.1 Å². The molecule has 5 heteroatoms. The first-order chi connectivity index (χ1) is 11.1. The molecule has 2 rings (SSSR count). The summed E-state index contributed by atoms with van der Waals surface area (Å²) in [5.74, 6) is -0.0517. The molecule has 0 aromatic heterocycles. The molecule has 0 bridgehead atoms. The summed E-state index contributed by atoms with van der Waals surface area (Å²) in [6.07, 6.45) is 3.43. The van der Waals surface area contributed by atoms with Crippen molar-refractivity contribution in [1.82, 2.24) is 0 Å². The molecule has 0 heterocycles. The van der Waals surface area contributed by atoms with Crippen molar-refractivity contribution in [1.29, 1.82) is 0 Å². The van der Waals surface area contributed by atoms with Gasteiger partial charge in [-0.15, -0.1) is 17.0 Å². The maximum absolute atomic E-state index is 10.4. The molecule has 0 radical (unpaired) electrons. The summed E-state index contributed by atoms with van der Waals surface area (Å²) in [6, 6.07) is 16.1. The molecule has 0 saturated carbocycles. The lowest BCUT2D eigenvalue weighted by molar-refractivity contribution is -0.137. The molecule has 130 valence electrons. The van der Waals surface area contributed by atoms with Crippen LogP contribution in [0, 0.1) is 0 Å². The van der Waals surface area contributed by atoms with Crippen LogP contribution in [0.3, 0.4) is 0 Å². The van der Waals surface area contributed by atoms with E-state index in [-0.39, 0.29) is 23.4 Å². The minimum absolute atomic E-state index is 0. The fraction of sp³-hybridized carbons (Fsp3) is 0.316. The molecule has 0 aliphatic heterocycles. The lowest BCUT2D eigenvalue weighted by atomic mass is 10.0. The van der Waals surface area contributed by atoms with Gasteiger partial charge in [0.1, 0.15) is 5.75 Å². The lowest BCUT2D eigenvalue weighted by Crippen LogP contribution is -2.02. The summed E-state index contributed by atoms with van der Waals surface area (Å²) in [5.41, 5.74) is 9.10. The van der Waals surface area contributed by atoms with E-state index in [2.05, 4.69) is 12.1 Å². The van der Waals surface area contributed by atoms with Gasteiger partial charge in [-0.25, -0.2) is 0 Å². The van der Waals surface area contributed by atoms with E-state index in [1.54, 1.807) is 0 Å². The number of aliphatic carboxylic acids is 1. The molecule has 0 fully saturated rings. The highest BCUT2D eigenvalue weighted by molar-refractivity contribution is 8.93. The molecule has 2 aromatic carbocycles. The van der Waals surface area contributed by atoms with Gasteiger partial charge in [0, 0.05) is 6.42 Å². The molecule has 24 heavy (non-hydrogen) atoms. The molecule has 0 spiro atoms. The Morgan fingerprint density at radius 2 is 1.75 bits per heavy atom. The third-order valence-corrected chi connectivity index (χ3v) is 3.62. The Morgan fingerprint density at radius 3 is 2.42 bits per heavy atom. The van der Waals surface area contributed by atoms with Crippen molar-refractivity contribution in [3.05, 3.63) is 59.7 Å². The number of hydrogen-bond donors (Lipinski definition) is 2. The number of ether oxygens (including phenoxy) is 1. The highest BCUT2D eigenvalue weighted by Gasteiger charge is 2.03. The van der Waals surface area contributed by atoms with Crippen molar-refractivity contribution in [2.24, 2.45) is 0 Å². The van der Waals surface area contributed by atoms with Crippen LogP contribution in [0.2, 0.25) is 0 Å². The van der Waals surface area contributed by atoms with E-state index < -0.39 is 5.97 Å². The van der Waals surface area contributed by atoms with E-state index in [1.807, 2.05) is 36.4 Å². The average Bonchev–Trinajstić information content (AvgIpc) is 2.53. The van der Waals surface area contributed by atoms with E-state index in [0.29, 0.717) is 24.5 Å². The number of carbonyl (C=O) groups is 1. The van der Waals surface area contributed by atoms with Crippen LogP contribution in [0.15, 0.2) is 48.5 Å². The normalized spacial score (nSPS) is 10.0. The number of nitrogens with two attached hydrogens (primary N) is 1. The molecule has 4 nitrogen and oxygen atoms in total. The first-order valence-electron chi connectivity index (χ1n) is 7.92. The van der Waals surface area contributed by atoms with E-state index in [9.17, 15) is 4.79 Å². The van der Waals surface area contributed by atoms with E-state index in [4.69, 9.17) is 15.6 Å². The Bertz CT molecular complexity index is 632. The molecule has 0 amide bonds. The van der Waals surface area contributed by atoms with E-state index in [0.717, 1.165) is 24.8 Å². The molecule has 0 aliphatic rings. The predicted octanol–water partition coefficient (Wildman–Crippen LogP) is 4.46. The van der Waals surface area contributed by atoms with E-state index >= 15 is 0 Å². The summed E-state index contributed by atoms with van der Waals surface area (Å²) in [5, 5.41) is 8.57. The first-order valence-corrected chi connectivity index (χ1v) is 7.92. The number of carboxylic acids is 1. The number of benzene rings is 2. The first kappa shape index (κ1) is 20.0. The van der Waals surface area contributed by atoms with Crippen molar-refractivity contribution < 1.29 is 14.6 Å². The molecular weight excluding hydrogens is 370 g/mol. The van der Waals surface area contributed by atoms with Gasteiger partial charge in [-0.05, 0) is 48.9 Å². The summed E-state index contributed by atoms with van der Waals surface area (Å²) in [4.78, 5) is 10.4. The highest BCUT2D eigenvalue weighted by atomic mass is 79.9. The van der Waals surface area contributed by atoms with Crippen LogP contribution in [-0.2, 0) is 11.2 Å². The topological polar surface area (TPSA) is 72.5 Å². The number of carboxylic acid groups (broad SMARTS) is 1. The van der Waals surface area contributed by atoms with E-state index in [1.165, 1.54) is 5.56 Å². The fourth-order valence-corrected chi connectivity index (χ4v) is 2.41. The Balaban J connectivity index is 0.00000288. The standard InChI is InChI=1S/C19H23NO3.BrH/c20-17-14-16(13-15-7-3-1-4-8-15)10-11-18(17)23-12-6-2-5-9-19(21)22;/h1,3-4,7-8,10-11,14H,2,5-6,9,12-13,20H2,(H,21,22);1H. The molecule has 0 aliphatic carbocycles. The molecule has 0 saturated heterocycles. The highest BCUT2D eigenvalue weighted by Crippen LogP contribution is 2.24. The van der Waals surface area contributed by atoms with Gasteiger partial charge in [-0.1, -0.05) is 36.4 Å². The molecular formula is C19H24BrNO3. The fourth-order valence-electron chi connectivity index (χ4n) is 2.41. The third kappa shape index (κ3) is 7.04. The van der Waals surface area contributed by atoms with Crippen LogP contribution in [0.25, 0.3) is 0 Å². The maximum atomic E-state index is 10.4. The van der Waals surface area contributed by atoms with Crippen molar-refractivity contribution in [3.63, 3.8) is 0 Å². The Kier molecular flexibility index (Phi) is 8.94. The summed E-state index contributed by atoms with van der Waals surface area (Å²) in [7, 11) is 0. The number of nitrogen functional groups attached to an aromatic ring is 1. The summed E-state index contributed by atoms with van der Waals surface area (Å²) >= 11 is 0. The molecule has 0 atom stereocenters. The van der Waals surface area contributed by atoms with Gasteiger partial charge in [0.05, 0.1) is 12.3 Å². The van der Waals surface area contributed by atoms with Crippen LogP contribution >= 0.6 is 17.0 Å². The number of unbranched alkanes of at least 4 members (excludes halogenated alkanes) is 2. The SMILES string of the molecule is Br.Nc1cc(Cc2ccccc2)ccc1OCCCCCC(=O)O. The zero-order valence-electron chi connectivity index (χ0n) is 13.6. The van der Waals surface area contributed by atoms with Gasteiger partial charge in [0.2, 0.25) is 0 Å². The maximum Gasteiger partial charge on any atom is 0.303 e. The van der Waals surface area contributed by atoms with Gasteiger partial charge < -0.3 is 15.6 Å². The molecule has 2 aromatic rings. The van der Waals surface area contributed by atoms with Crippen LogP contribution < -0.4 is 10.5 Å². The van der Waals surface area contributed by atoms with Gasteiger partial charge in [-0.2, -0.15) is 0 Å². The zero-order chi connectivity index (χ0) is 16.5. The zero-order valence-corrected chi connectivity index (χ0v) is 15.3. The summed E-state index contributed by atoms with van der Waals surface area (Å²) < 4.78 is 5.68. The van der Waals surface area contributed by atoms with Crippen LogP contribution in [0.5, 0.6) is 5.75 Å². The monoisotopic (exact) mass is 393 g/mol. The second-order valence-electron chi connectivity index (χ2n) is 5.59.